The van der Waals surface area contributed by atoms with Crippen LogP contribution in [0.4, 0.5) is 0 Å². The molecule has 2 nitrogen and oxygen atoms in total. The number of carbonyl (C=O) groups is 1. The lowest BCUT2D eigenvalue weighted by Gasteiger charge is -2.10. The van der Waals surface area contributed by atoms with Gasteiger partial charge in [0.15, 0.2) is 0 Å². The summed E-state index contributed by atoms with van der Waals surface area (Å²) >= 11 is 0. The van der Waals surface area contributed by atoms with Gasteiger partial charge in [0.25, 0.3) is 0 Å². The van der Waals surface area contributed by atoms with Crippen molar-refractivity contribution in [2.24, 2.45) is 0 Å². The van der Waals surface area contributed by atoms with Crippen molar-refractivity contribution >= 4 is 5.97 Å². The average Bonchev–Trinajstić information content (AvgIpc) is 2.47. The number of benzene rings is 1. The quantitative estimate of drug-likeness (QED) is 0.247. The molecule has 0 aromatic heterocycles. The molecule has 1 aromatic carbocycles. The Morgan fingerprint density at radius 2 is 1.67 bits per heavy atom. The molecule has 0 fully saturated rings. The van der Waals surface area contributed by atoms with Crippen LogP contribution in [0.3, 0.4) is 0 Å². The third-order valence-electron chi connectivity index (χ3n) is 3.57. The average molecular weight is 288 g/mol. The SMILES string of the molecule is C=C(C)C(=O)Oc1ccccc1CCCCCCCCC. The highest BCUT2D eigenvalue weighted by molar-refractivity contribution is 5.88. The van der Waals surface area contributed by atoms with E-state index in [2.05, 4.69) is 13.5 Å². The first-order chi connectivity index (χ1) is 10.1. The van der Waals surface area contributed by atoms with Crippen molar-refractivity contribution in [3.05, 3.63) is 42.0 Å². The topological polar surface area (TPSA) is 26.3 Å². The smallest absolute Gasteiger partial charge is 0.338 e. The van der Waals surface area contributed by atoms with Crippen LogP contribution in [0, 0.1) is 0 Å². The molecular formula is C19H28O2. The van der Waals surface area contributed by atoms with Crippen molar-refractivity contribution in [2.75, 3.05) is 0 Å². The second kappa shape index (κ2) is 10.2. The number of carbonyl (C=O) groups excluding carboxylic acids is 1. The van der Waals surface area contributed by atoms with E-state index in [-0.39, 0.29) is 5.97 Å². The maximum Gasteiger partial charge on any atom is 0.338 e. The van der Waals surface area contributed by atoms with Gasteiger partial charge in [0.05, 0.1) is 0 Å². The molecule has 0 spiro atoms. The number of ether oxygens (including phenoxy) is 1. The van der Waals surface area contributed by atoms with Gasteiger partial charge in [-0.15, -0.1) is 0 Å². The minimum absolute atomic E-state index is 0.345. The first kappa shape index (κ1) is 17.5. The van der Waals surface area contributed by atoms with Crippen LogP contribution in [0.15, 0.2) is 36.4 Å². The number of rotatable bonds is 10. The lowest BCUT2D eigenvalue weighted by atomic mass is 10.0. The summed E-state index contributed by atoms with van der Waals surface area (Å²) in [5.41, 5.74) is 1.54. The van der Waals surface area contributed by atoms with E-state index in [1.165, 1.54) is 38.5 Å². The van der Waals surface area contributed by atoms with E-state index in [4.69, 9.17) is 4.74 Å². The summed E-state index contributed by atoms with van der Waals surface area (Å²) in [6, 6.07) is 7.79. The maximum absolute atomic E-state index is 11.6. The molecule has 0 aliphatic carbocycles. The van der Waals surface area contributed by atoms with Crippen molar-refractivity contribution in [3.63, 3.8) is 0 Å². The fourth-order valence-corrected chi connectivity index (χ4v) is 2.27. The predicted molar refractivity (Wildman–Crippen MR) is 88.6 cm³/mol. The molecule has 0 N–H and O–H groups in total. The molecule has 2 heteroatoms. The Bertz CT molecular complexity index is 449. The Morgan fingerprint density at radius 3 is 2.33 bits per heavy atom. The van der Waals surface area contributed by atoms with Crippen LogP contribution in [0.25, 0.3) is 0 Å². The van der Waals surface area contributed by atoms with Crippen LogP contribution < -0.4 is 4.74 Å². The molecule has 21 heavy (non-hydrogen) atoms. The fraction of sp³-hybridized carbons (Fsp3) is 0.526. The van der Waals surface area contributed by atoms with E-state index < -0.39 is 0 Å². The molecule has 0 saturated heterocycles. The minimum atomic E-state index is -0.345. The Labute approximate surface area is 129 Å². The van der Waals surface area contributed by atoms with Crippen LogP contribution >= 0.6 is 0 Å². The van der Waals surface area contributed by atoms with Crippen molar-refractivity contribution in [3.8, 4) is 5.75 Å². The zero-order chi connectivity index (χ0) is 15.5. The molecule has 0 bridgehead atoms. The molecule has 0 aliphatic rings. The van der Waals surface area contributed by atoms with Gasteiger partial charge >= 0.3 is 5.97 Å². The van der Waals surface area contributed by atoms with Crippen molar-refractivity contribution in [1.82, 2.24) is 0 Å². The van der Waals surface area contributed by atoms with Gasteiger partial charge in [-0.1, -0.05) is 70.2 Å². The van der Waals surface area contributed by atoms with Crippen molar-refractivity contribution in [2.45, 2.75) is 65.2 Å². The zero-order valence-electron chi connectivity index (χ0n) is 13.5. The van der Waals surface area contributed by atoms with Gasteiger partial charge in [0, 0.05) is 5.57 Å². The summed E-state index contributed by atoms with van der Waals surface area (Å²) in [5, 5.41) is 0. The van der Waals surface area contributed by atoms with Crippen LogP contribution in [0.5, 0.6) is 5.75 Å². The molecule has 0 saturated carbocycles. The summed E-state index contributed by atoms with van der Waals surface area (Å²) in [5.74, 6) is 0.332. The highest BCUT2D eigenvalue weighted by Crippen LogP contribution is 2.21. The predicted octanol–water partition coefficient (Wildman–Crippen LogP) is 5.46. The van der Waals surface area contributed by atoms with E-state index >= 15 is 0 Å². The number of hydrogen-bond acceptors (Lipinski definition) is 2. The Hall–Kier alpha value is -1.57. The largest absolute Gasteiger partial charge is 0.423 e. The zero-order valence-corrected chi connectivity index (χ0v) is 13.5. The van der Waals surface area contributed by atoms with Gasteiger partial charge in [0.1, 0.15) is 5.75 Å². The number of hydrogen-bond donors (Lipinski definition) is 0. The summed E-state index contributed by atoms with van der Waals surface area (Å²) in [6.45, 7) is 7.52. The van der Waals surface area contributed by atoms with Gasteiger partial charge in [-0.2, -0.15) is 0 Å². The maximum atomic E-state index is 11.6. The minimum Gasteiger partial charge on any atom is -0.423 e. The van der Waals surface area contributed by atoms with Crippen LogP contribution in [0.2, 0.25) is 0 Å². The second-order valence-electron chi connectivity index (χ2n) is 5.65. The van der Waals surface area contributed by atoms with Crippen molar-refractivity contribution in [1.29, 1.82) is 0 Å². The lowest BCUT2D eigenvalue weighted by molar-refractivity contribution is -0.130. The third-order valence-corrected chi connectivity index (χ3v) is 3.57. The molecule has 0 atom stereocenters. The van der Waals surface area contributed by atoms with Gasteiger partial charge < -0.3 is 4.74 Å². The van der Waals surface area contributed by atoms with E-state index in [0.717, 1.165) is 18.4 Å². The van der Waals surface area contributed by atoms with Crippen molar-refractivity contribution < 1.29 is 9.53 Å². The molecule has 0 radical (unpaired) electrons. The molecule has 1 aromatic rings. The summed E-state index contributed by atoms with van der Waals surface area (Å²) in [6.07, 6.45) is 9.98. The van der Waals surface area contributed by atoms with E-state index in [0.29, 0.717) is 11.3 Å². The molecular weight excluding hydrogens is 260 g/mol. The molecule has 0 heterocycles. The van der Waals surface area contributed by atoms with E-state index in [9.17, 15) is 4.79 Å². The van der Waals surface area contributed by atoms with E-state index in [1.807, 2.05) is 24.3 Å². The molecule has 0 aliphatic heterocycles. The first-order valence-electron chi connectivity index (χ1n) is 8.10. The standard InChI is InChI=1S/C19H28O2/c1-4-5-6-7-8-9-10-13-17-14-11-12-15-18(17)21-19(20)16(2)3/h11-12,14-15H,2,4-10,13H2,1,3H3. The molecule has 1 rings (SSSR count). The molecule has 0 unspecified atom stereocenters. The van der Waals surface area contributed by atoms with Crippen LogP contribution in [-0.4, -0.2) is 5.97 Å². The first-order valence-corrected chi connectivity index (χ1v) is 8.10. The number of para-hydroxylation sites is 1. The lowest BCUT2D eigenvalue weighted by Crippen LogP contribution is -2.09. The second-order valence-corrected chi connectivity index (χ2v) is 5.65. The number of esters is 1. The third kappa shape index (κ3) is 7.12. The molecule has 116 valence electrons. The summed E-state index contributed by atoms with van der Waals surface area (Å²) < 4.78 is 5.38. The highest BCUT2D eigenvalue weighted by atomic mass is 16.5. The Kier molecular flexibility index (Phi) is 8.49. The van der Waals surface area contributed by atoms with Gasteiger partial charge in [0.2, 0.25) is 0 Å². The Balaban J connectivity index is 2.37. The normalized spacial score (nSPS) is 10.4. The van der Waals surface area contributed by atoms with Gasteiger partial charge in [-0.25, -0.2) is 4.79 Å². The number of aryl methyl sites for hydroxylation is 1. The summed E-state index contributed by atoms with van der Waals surface area (Å²) in [4.78, 5) is 11.6. The summed E-state index contributed by atoms with van der Waals surface area (Å²) in [7, 11) is 0. The van der Waals surface area contributed by atoms with Crippen LogP contribution in [0.1, 0.15) is 64.4 Å². The van der Waals surface area contributed by atoms with Gasteiger partial charge in [-0.05, 0) is 31.4 Å². The Morgan fingerprint density at radius 1 is 1.05 bits per heavy atom. The monoisotopic (exact) mass is 288 g/mol. The van der Waals surface area contributed by atoms with E-state index in [1.54, 1.807) is 6.92 Å². The fourth-order valence-electron chi connectivity index (χ4n) is 2.27. The van der Waals surface area contributed by atoms with Gasteiger partial charge in [-0.3, -0.25) is 0 Å². The van der Waals surface area contributed by atoms with Crippen LogP contribution in [-0.2, 0) is 11.2 Å². The number of unbranched alkanes of at least 4 members (excludes halogenated alkanes) is 6. The molecule has 0 amide bonds. The highest BCUT2D eigenvalue weighted by Gasteiger charge is 2.09.